The topological polar surface area (TPSA) is 108 Å². The van der Waals surface area contributed by atoms with Crippen molar-refractivity contribution in [2.24, 2.45) is 4.99 Å². The third-order valence-corrected chi connectivity index (χ3v) is 5.36. The molecule has 13 heteroatoms. The minimum absolute atomic E-state index is 0.0223. The Hall–Kier alpha value is -4.26. The molecule has 1 unspecified atom stereocenters. The second kappa shape index (κ2) is 10.6. The van der Waals surface area contributed by atoms with Gasteiger partial charge in [-0.25, -0.2) is 32.1 Å². The predicted octanol–water partition coefficient (Wildman–Crippen LogP) is 4.25. The van der Waals surface area contributed by atoms with Crippen LogP contribution < -0.4 is 14.3 Å². The highest BCUT2D eigenvalue weighted by Gasteiger charge is 2.41. The van der Waals surface area contributed by atoms with Gasteiger partial charge in [0, 0.05) is 25.7 Å². The highest BCUT2D eigenvalue weighted by atomic mass is 19.2. The summed E-state index contributed by atoms with van der Waals surface area (Å²) >= 11 is 0. The standard InChI is InChI=1S/C25H23F4N3O6/c1-25(2,3)38-23(34)31(4)11-9-18-30-10-12-32(18,24(35)36)14-5-7-15(8-6-14)37-22(33)16-13-17(26)20(28)21(29)19(16)27/h5-8,10,12-13H,9,11H2,1-4H3. The van der Waals surface area contributed by atoms with Gasteiger partial charge in [-0.3, -0.25) is 0 Å². The molecule has 0 N–H and O–H groups in total. The average Bonchev–Trinajstić information content (AvgIpc) is 3.27. The van der Waals surface area contributed by atoms with Gasteiger partial charge in [0.25, 0.3) is 6.09 Å². The van der Waals surface area contributed by atoms with Crippen LogP contribution in [0.5, 0.6) is 5.75 Å². The van der Waals surface area contributed by atoms with Crippen LogP contribution in [0.25, 0.3) is 0 Å². The Morgan fingerprint density at radius 1 is 1.03 bits per heavy atom. The first kappa shape index (κ1) is 28.3. The zero-order chi connectivity index (χ0) is 28.4. The van der Waals surface area contributed by atoms with E-state index in [0.29, 0.717) is 0 Å². The van der Waals surface area contributed by atoms with E-state index in [0.717, 1.165) is 12.1 Å². The van der Waals surface area contributed by atoms with Gasteiger partial charge in [0.2, 0.25) is 5.84 Å². The molecule has 0 bridgehead atoms. The summed E-state index contributed by atoms with van der Waals surface area (Å²) in [6.07, 6.45) is 0.334. The van der Waals surface area contributed by atoms with E-state index >= 15 is 0 Å². The second-order valence-electron chi connectivity index (χ2n) is 9.22. The van der Waals surface area contributed by atoms with Crippen LogP contribution in [0.3, 0.4) is 0 Å². The molecule has 202 valence electrons. The number of quaternary nitrogens is 1. The number of carbonyl (C=O) groups is 3. The maximum atomic E-state index is 13.9. The number of carbonyl (C=O) groups excluding carboxylic acids is 3. The summed E-state index contributed by atoms with van der Waals surface area (Å²) in [5.74, 6) is -9.59. The molecule has 0 aliphatic carbocycles. The molecule has 1 heterocycles. The van der Waals surface area contributed by atoms with Gasteiger partial charge in [0.15, 0.2) is 23.3 Å². The van der Waals surface area contributed by atoms with Crippen molar-refractivity contribution in [2.75, 3.05) is 13.6 Å². The fraction of sp³-hybridized carbons (Fsp3) is 0.280. The number of ether oxygens (including phenoxy) is 2. The number of benzene rings is 2. The van der Waals surface area contributed by atoms with Crippen LogP contribution in [0.15, 0.2) is 47.7 Å². The number of hydrogen-bond donors (Lipinski definition) is 0. The van der Waals surface area contributed by atoms with Crippen molar-refractivity contribution in [3.63, 3.8) is 0 Å². The fourth-order valence-corrected chi connectivity index (χ4v) is 3.48. The van der Waals surface area contributed by atoms with Crippen molar-refractivity contribution in [1.82, 2.24) is 9.38 Å². The normalized spacial score (nSPS) is 16.7. The van der Waals surface area contributed by atoms with Gasteiger partial charge < -0.3 is 24.3 Å². The van der Waals surface area contributed by atoms with Crippen molar-refractivity contribution in [3.8, 4) is 5.75 Å². The second-order valence-corrected chi connectivity index (χ2v) is 9.22. The predicted molar refractivity (Wildman–Crippen MR) is 125 cm³/mol. The molecular formula is C25H23F4N3O6. The zero-order valence-electron chi connectivity index (χ0n) is 20.8. The minimum Gasteiger partial charge on any atom is -0.497 e. The SMILES string of the molecule is CN(CCC1=NC=C[N+]1(C(=O)[O-])c1ccc(OC(=O)c2cc(F)c(F)c(F)c2F)cc1)C(=O)OC(C)(C)C. The van der Waals surface area contributed by atoms with E-state index in [-0.39, 0.29) is 36.3 Å². The molecule has 2 aromatic carbocycles. The van der Waals surface area contributed by atoms with E-state index in [1.807, 2.05) is 0 Å². The highest BCUT2D eigenvalue weighted by molar-refractivity contribution is 6.10. The smallest absolute Gasteiger partial charge is 0.410 e. The summed E-state index contributed by atoms with van der Waals surface area (Å²) in [6.45, 7) is 5.18. The van der Waals surface area contributed by atoms with Crippen molar-refractivity contribution >= 4 is 29.7 Å². The third-order valence-electron chi connectivity index (χ3n) is 5.36. The molecule has 1 atom stereocenters. The van der Waals surface area contributed by atoms with Gasteiger partial charge in [-0.2, -0.15) is 4.48 Å². The molecule has 1 aliphatic rings. The molecule has 38 heavy (non-hydrogen) atoms. The number of esters is 1. The summed E-state index contributed by atoms with van der Waals surface area (Å²) in [7, 11) is 1.48. The van der Waals surface area contributed by atoms with Crippen molar-refractivity contribution < 1.29 is 46.5 Å². The van der Waals surface area contributed by atoms with Crippen LogP contribution in [-0.2, 0) is 4.74 Å². The Kier molecular flexibility index (Phi) is 7.91. The molecule has 0 spiro atoms. The number of rotatable bonds is 6. The lowest BCUT2D eigenvalue weighted by Crippen LogP contribution is -2.59. The lowest BCUT2D eigenvalue weighted by molar-refractivity contribution is -0.257. The number of amidine groups is 1. The van der Waals surface area contributed by atoms with E-state index in [4.69, 9.17) is 9.47 Å². The third kappa shape index (κ3) is 5.67. The Bertz CT molecular complexity index is 1340. The van der Waals surface area contributed by atoms with Crippen molar-refractivity contribution in [2.45, 2.75) is 32.8 Å². The molecule has 0 saturated heterocycles. The summed E-state index contributed by atoms with van der Waals surface area (Å²) in [5, 5.41) is 12.3. The Balaban J connectivity index is 1.79. The number of hydrogen-bond acceptors (Lipinski definition) is 7. The van der Waals surface area contributed by atoms with Gasteiger partial charge in [0.1, 0.15) is 28.8 Å². The van der Waals surface area contributed by atoms with Crippen LogP contribution >= 0.6 is 0 Å². The lowest BCUT2D eigenvalue weighted by atomic mass is 10.2. The lowest BCUT2D eigenvalue weighted by Gasteiger charge is -2.32. The quantitative estimate of drug-likeness (QED) is 0.136. The monoisotopic (exact) mass is 537 g/mol. The Labute approximate surface area is 214 Å². The number of carboxylic acid groups (broad SMARTS) is 1. The summed E-state index contributed by atoms with van der Waals surface area (Å²) < 4.78 is 63.2. The summed E-state index contributed by atoms with van der Waals surface area (Å²) in [4.78, 5) is 42.1. The Morgan fingerprint density at radius 2 is 1.66 bits per heavy atom. The van der Waals surface area contributed by atoms with E-state index in [1.54, 1.807) is 20.8 Å². The molecule has 2 aromatic rings. The van der Waals surface area contributed by atoms with Gasteiger partial charge in [-0.1, -0.05) is 0 Å². The largest absolute Gasteiger partial charge is 0.497 e. The molecule has 0 aromatic heterocycles. The van der Waals surface area contributed by atoms with Crippen molar-refractivity contribution in [1.29, 1.82) is 0 Å². The molecule has 1 aliphatic heterocycles. The van der Waals surface area contributed by atoms with E-state index in [1.165, 1.54) is 36.5 Å². The highest BCUT2D eigenvalue weighted by Crippen LogP contribution is 2.32. The van der Waals surface area contributed by atoms with Crippen LogP contribution in [-0.4, -0.2) is 48.1 Å². The van der Waals surface area contributed by atoms with Crippen LogP contribution in [0, 0.1) is 23.3 Å². The number of amides is 2. The van der Waals surface area contributed by atoms with E-state index < -0.39 is 57.1 Å². The molecule has 2 amide bonds. The first-order valence-corrected chi connectivity index (χ1v) is 11.1. The number of halogens is 4. The van der Waals surface area contributed by atoms with Gasteiger partial charge in [-0.05, 0) is 39.0 Å². The first-order chi connectivity index (χ1) is 17.7. The van der Waals surface area contributed by atoms with Crippen LogP contribution in [0.2, 0.25) is 0 Å². The van der Waals surface area contributed by atoms with Crippen molar-refractivity contribution in [3.05, 3.63) is 71.6 Å². The molecule has 9 nitrogen and oxygen atoms in total. The number of nitrogens with zero attached hydrogens (tertiary/aromatic N) is 3. The zero-order valence-corrected chi connectivity index (χ0v) is 20.8. The maximum Gasteiger partial charge on any atom is 0.410 e. The molecule has 0 saturated carbocycles. The van der Waals surface area contributed by atoms with E-state index in [9.17, 15) is 37.1 Å². The minimum atomic E-state index is -2.17. The van der Waals surface area contributed by atoms with Gasteiger partial charge >= 0.3 is 12.1 Å². The van der Waals surface area contributed by atoms with Gasteiger partial charge in [-0.15, -0.1) is 0 Å². The van der Waals surface area contributed by atoms with Crippen LogP contribution in [0.4, 0.5) is 32.8 Å². The summed E-state index contributed by atoms with van der Waals surface area (Å²) in [5.41, 5.74) is -1.80. The summed E-state index contributed by atoms with van der Waals surface area (Å²) in [6, 6.07) is 4.97. The molecule has 3 rings (SSSR count). The fourth-order valence-electron chi connectivity index (χ4n) is 3.48. The molecular weight excluding hydrogens is 514 g/mol. The van der Waals surface area contributed by atoms with E-state index in [2.05, 4.69) is 4.99 Å². The first-order valence-electron chi connectivity index (χ1n) is 11.1. The maximum absolute atomic E-state index is 13.9. The molecule has 0 fully saturated rings. The molecule has 0 radical (unpaired) electrons. The average molecular weight is 537 g/mol. The Morgan fingerprint density at radius 3 is 2.24 bits per heavy atom. The van der Waals surface area contributed by atoms with Gasteiger partial charge in [0.05, 0.1) is 12.6 Å². The number of aliphatic imine (C=N–C) groups is 1. The van der Waals surface area contributed by atoms with Crippen LogP contribution in [0.1, 0.15) is 37.6 Å².